The van der Waals surface area contributed by atoms with E-state index in [1.54, 1.807) is 18.2 Å². The van der Waals surface area contributed by atoms with Crippen LogP contribution >= 0.6 is 11.6 Å². The number of halogens is 1. The summed E-state index contributed by atoms with van der Waals surface area (Å²) in [6.07, 6.45) is 1.27. The lowest BCUT2D eigenvalue weighted by atomic mass is 10.3. The summed E-state index contributed by atoms with van der Waals surface area (Å²) in [4.78, 5) is 3.85. The second-order valence-corrected chi connectivity index (χ2v) is 5.87. The van der Waals surface area contributed by atoms with Crippen molar-refractivity contribution in [3.63, 3.8) is 0 Å². The number of oxazole rings is 1. The van der Waals surface area contributed by atoms with Crippen molar-refractivity contribution in [2.75, 3.05) is 0 Å². The minimum atomic E-state index is -3.99. The third-order valence-corrected chi connectivity index (χ3v) is 4.36. The molecule has 5 nitrogen and oxygen atoms in total. The van der Waals surface area contributed by atoms with Gasteiger partial charge >= 0.3 is 10.1 Å². The highest BCUT2D eigenvalue weighted by Gasteiger charge is 2.20. The van der Waals surface area contributed by atoms with E-state index in [1.165, 1.54) is 30.7 Å². The van der Waals surface area contributed by atoms with Crippen molar-refractivity contribution in [2.24, 2.45) is 0 Å². The molecule has 0 spiro atoms. The van der Waals surface area contributed by atoms with Crippen LogP contribution in [0.4, 0.5) is 0 Å². The number of hydrogen-bond acceptors (Lipinski definition) is 5. The molecule has 0 aliphatic rings. The summed E-state index contributed by atoms with van der Waals surface area (Å²) in [5, 5.41) is 0.106. The van der Waals surface area contributed by atoms with Gasteiger partial charge in [0.15, 0.2) is 12.0 Å². The average Bonchev–Trinajstić information content (AvgIpc) is 2.86. The number of rotatable bonds is 3. The molecule has 3 aromatic rings. The zero-order valence-corrected chi connectivity index (χ0v) is 11.6. The lowest BCUT2D eigenvalue weighted by Gasteiger charge is -2.07. The smallest absolute Gasteiger partial charge is 0.340 e. The molecule has 0 unspecified atom stereocenters. The first kappa shape index (κ1) is 13.0. The molecule has 0 aliphatic heterocycles. The zero-order chi connectivity index (χ0) is 14.2. The molecule has 7 heteroatoms. The van der Waals surface area contributed by atoms with Gasteiger partial charge in [0.2, 0.25) is 0 Å². The maximum atomic E-state index is 12.1. The fraction of sp³-hybridized carbons (Fsp3) is 0. The molecule has 0 aliphatic carbocycles. The molecule has 0 radical (unpaired) electrons. The van der Waals surface area contributed by atoms with Crippen LogP contribution in [-0.4, -0.2) is 13.4 Å². The predicted molar refractivity (Wildman–Crippen MR) is 73.3 cm³/mol. The Balaban J connectivity index is 1.99. The molecular weight excluding hydrogens is 302 g/mol. The van der Waals surface area contributed by atoms with Crippen molar-refractivity contribution in [1.82, 2.24) is 4.98 Å². The summed E-state index contributed by atoms with van der Waals surface area (Å²) in [5.41, 5.74) is 1.06. The van der Waals surface area contributed by atoms with E-state index >= 15 is 0 Å². The lowest BCUT2D eigenvalue weighted by molar-refractivity contribution is 0.486. The third kappa shape index (κ3) is 2.35. The summed E-state index contributed by atoms with van der Waals surface area (Å²) in [5.74, 6) is 0.145. The van der Waals surface area contributed by atoms with Gasteiger partial charge in [-0.2, -0.15) is 8.42 Å². The monoisotopic (exact) mass is 309 g/mol. The Bertz CT molecular complexity index is 873. The molecule has 0 atom stereocenters. The highest BCUT2D eigenvalue weighted by molar-refractivity contribution is 7.87. The van der Waals surface area contributed by atoms with Gasteiger partial charge in [0.1, 0.15) is 16.2 Å². The Labute approximate surface area is 119 Å². The Morgan fingerprint density at radius 2 is 1.95 bits per heavy atom. The molecule has 102 valence electrons. The highest BCUT2D eigenvalue weighted by atomic mass is 35.5. The van der Waals surface area contributed by atoms with Crippen LogP contribution in [0.3, 0.4) is 0 Å². The van der Waals surface area contributed by atoms with Gasteiger partial charge < -0.3 is 8.60 Å². The van der Waals surface area contributed by atoms with E-state index in [0.717, 1.165) is 0 Å². The molecule has 2 aromatic carbocycles. The number of fused-ring (bicyclic) bond motifs is 1. The Hall–Kier alpha value is -2.05. The van der Waals surface area contributed by atoms with Gasteiger partial charge in [0.05, 0.1) is 5.02 Å². The number of nitrogens with zero attached hydrogens (tertiary/aromatic N) is 1. The molecule has 3 rings (SSSR count). The molecular formula is C13H8ClNO4S. The molecule has 0 bridgehead atoms. The third-order valence-electron chi connectivity index (χ3n) is 2.61. The standard InChI is InChI=1S/C13H8ClNO4S/c14-10-3-1-2-4-13(10)20(16,17)19-9-5-6-12-11(7-9)15-8-18-12/h1-8H. The van der Waals surface area contributed by atoms with Crippen molar-refractivity contribution in [1.29, 1.82) is 0 Å². The van der Waals surface area contributed by atoms with E-state index in [4.69, 9.17) is 20.2 Å². The van der Waals surface area contributed by atoms with Gasteiger partial charge in [0, 0.05) is 6.07 Å². The maximum absolute atomic E-state index is 12.1. The van der Waals surface area contributed by atoms with E-state index in [2.05, 4.69) is 4.98 Å². The minimum Gasteiger partial charge on any atom is -0.443 e. The Morgan fingerprint density at radius 3 is 2.75 bits per heavy atom. The average molecular weight is 310 g/mol. The SMILES string of the molecule is O=S(=O)(Oc1ccc2ocnc2c1)c1ccccc1Cl. The lowest BCUT2D eigenvalue weighted by Crippen LogP contribution is -2.10. The normalized spacial score (nSPS) is 11.7. The van der Waals surface area contributed by atoms with E-state index in [0.29, 0.717) is 11.1 Å². The van der Waals surface area contributed by atoms with Gasteiger partial charge in [-0.25, -0.2) is 4.98 Å². The molecule has 0 saturated heterocycles. The summed E-state index contributed by atoms with van der Waals surface area (Å²) in [7, 11) is -3.99. The topological polar surface area (TPSA) is 69.4 Å². The first-order chi connectivity index (χ1) is 9.56. The van der Waals surface area contributed by atoms with Crippen molar-refractivity contribution in [3.8, 4) is 5.75 Å². The Kier molecular flexibility index (Phi) is 3.11. The van der Waals surface area contributed by atoms with Gasteiger partial charge in [0.25, 0.3) is 0 Å². The number of benzene rings is 2. The van der Waals surface area contributed by atoms with Crippen LogP contribution in [0.5, 0.6) is 5.75 Å². The van der Waals surface area contributed by atoms with Crippen LogP contribution in [0.15, 0.2) is 58.2 Å². The summed E-state index contributed by atoms with van der Waals surface area (Å²) >= 11 is 5.87. The molecule has 1 heterocycles. The first-order valence-corrected chi connectivity index (χ1v) is 7.37. The van der Waals surface area contributed by atoms with Crippen molar-refractivity contribution in [2.45, 2.75) is 4.90 Å². The Morgan fingerprint density at radius 1 is 1.15 bits per heavy atom. The van der Waals surface area contributed by atoms with Crippen LogP contribution in [0, 0.1) is 0 Å². The van der Waals surface area contributed by atoms with Crippen LogP contribution < -0.4 is 4.18 Å². The zero-order valence-electron chi connectivity index (χ0n) is 9.99. The van der Waals surface area contributed by atoms with Gasteiger partial charge in [-0.05, 0) is 24.3 Å². The molecule has 0 amide bonds. The molecule has 0 saturated carbocycles. The fourth-order valence-corrected chi connectivity index (χ4v) is 3.13. The molecule has 1 aromatic heterocycles. The molecule has 0 fully saturated rings. The fourth-order valence-electron chi connectivity index (χ4n) is 1.71. The minimum absolute atomic E-state index is 0.0816. The van der Waals surface area contributed by atoms with Gasteiger partial charge in [-0.15, -0.1) is 0 Å². The molecule has 0 N–H and O–H groups in total. The maximum Gasteiger partial charge on any atom is 0.340 e. The summed E-state index contributed by atoms with van der Waals surface area (Å²) in [6.45, 7) is 0. The van der Waals surface area contributed by atoms with Crippen LogP contribution in [0.25, 0.3) is 11.1 Å². The van der Waals surface area contributed by atoms with E-state index in [9.17, 15) is 8.42 Å². The second-order valence-electron chi connectivity index (χ2n) is 3.95. The van der Waals surface area contributed by atoms with E-state index in [1.807, 2.05) is 0 Å². The van der Waals surface area contributed by atoms with Gasteiger partial charge in [-0.3, -0.25) is 0 Å². The predicted octanol–water partition coefficient (Wildman–Crippen LogP) is 3.25. The van der Waals surface area contributed by atoms with E-state index in [-0.39, 0.29) is 15.7 Å². The second kappa shape index (κ2) is 4.81. The number of hydrogen-bond donors (Lipinski definition) is 0. The van der Waals surface area contributed by atoms with Crippen LogP contribution in [0.1, 0.15) is 0 Å². The first-order valence-electron chi connectivity index (χ1n) is 5.58. The van der Waals surface area contributed by atoms with Gasteiger partial charge in [-0.1, -0.05) is 23.7 Å². The van der Waals surface area contributed by atoms with Crippen LogP contribution in [-0.2, 0) is 10.1 Å². The number of aromatic nitrogens is 1. The van der Waals surface area contributed by atoms with E-state index < -0.39 is 10.1 Å². The quantitative estimate of drug-likeness (QED) is 0.695. The van der Waals surface area contributed by atoms with Crippen molar-refractivity contribution < 1.29 is 17.0 Å². The molecule has 20 heavy (non-hydrogen) atoms. The highest BCUT2D eigenvalue weighted by Crippen LogP contribution is 2.26. The van der Waals surface area contributed by atoms with Crippen molar-refractivity contribution in [3.05, 3.63) is 53.9 Å². The van der Waals surface area contributed by atoms with Crippen molar-refractivity contribution >= 4 is 32.8 Å². The summed E-state index contributed by atoms with van der Waals surface area (Å²) in [6, 6.07) is 10.6. The summed E-state index contributed by atoms with van der Waals surface area (Å²) < 4.78 is 34.4. The largest absolute Gasteiger partial charge is 0.443 e. The van der Waals surface area contributed by atoms with Crippen LogP contribution in [0.2, 0.25) is 5.02 Å².